The number of sulfonamides is 1. The standard InChI is InChI=1S/C19H24N2O5S/c1-4-20-27(23,24)16-9-7-8-14(12-16)19(22)21-15-10-11-17(25-5-2)18(13-15)26-6-3/h7-13,20H,4-6H2,1-3H3,(H,21,22). The Balaban J connectivity index is 2.23. The van der Waals surface area contributed by atoms with Crippen LogP contribution in [0.15, 0.2) is 47.4 Å². The predicted molar refractivity (Wildman–Crippen MR) is 104 cm³/mol. The molecule has 2 rings (SSSR count). The molecule has 0 spiro atoms. The normalized spacial score (nSPS) is 11.1. The third-order valence-corrected chi connectivity index (χ3v) is 5.09. The van der Waals surface area contributed by atoms with Gasteiger partial charge in [0, 0.05) is 23.9 Å². The van der Waals surface area contributed by atoms with E-state index in [0.29, 0.717) is 30.4 Å². The van der Waals surface area contributed by atoms with E-state index >= 15 is 0 Å². The summed E-state index contributed by atoms with van der Waals surface area (Å²) in [4.78, 5) is 12.6. The molecule has 0 aromatic heterocycles. The van der Waals surface area contributed by atoms with Gasteiger partial charge >= 0.3 is 0 Å². The van der Waals surface area contributed by atoms with Gasteiger partial charge in [-0.15, -0.1) is 0 Å². The van der Waals surface area contributed by atoms with Crippen LogP contribution in [0.4, 0.5) is 5.69 Å². The number of carbonyl (C=O) groups excluding carboxylic acids is 1. The third-order valence-electron chi connectivity index (χ3n) is 3.54. The van der Waals surface area contributed by atoms with Gasteiger partial charge in [0.05, 0.1) is 18.1 Å². The summed E-state index contributed by atoms with van der Waals surface area (Å²) >= 11 is 0. The number of rotatable bonds is 9. The molecule has 0 saturated carbocycles. The second-order valence-corrected chi connectivity index (χ2v) is 7.28. The number of ether oxygens (including phenoxy) is 2. The van der Waals surface area contributed by atoms with E-state index < -0.39 is 15.9 Å². The van der Waals surface area contributed by atoms with Gasteiger partial charge in [-0.3, -0.25) is 4.79 Å². The molecular weight excluding hydrogens is 368 g/mol. The summed E-state index contributed by atoms with van der Waals surface area (Å²) in [5.41, 5.74) is 0.757. The van der Waals surface area contributed by atoms with Gasteiger partial charge in [-0.25, -0.2) is 13.1 Å². The maximum atomic E-state index is 12.5. The van der Waals surface area contributed by atoms with Crippen LogP contribution >= 0.6 is 0 Å². The van der Waals surface area contributed by atoms with Crippen molar-refractivity contribution < 1.29 is 22.7 Å². The molecule has 0 unspecified atom stereocenters. The maximum absolute atomic E-state index is 12.5. The van der Waals surface area contributed by atoms with Crippen molar-refractivity contribution in [3.63, 3.8) is 0 Å². The zero-order valence-corrected chi connectivity index (χ0v) is 16.4. The summed E-state index contributed by atoms with van der Waals surface area (Å²) < 4.78 is 37.7. The Morgan fingerprint density at radius 3 is 2.33 bits per heavy atom. The number of amides is 1. The smallest absolute Gasteiger partial charge is 0.255 e. The molecule has 146 valence electrons. The van der Waals surface area contributed by atoms with Crippen LogP contribution in [0.2, 0.25) is 0 Å². The second-order valence-electron chi connectivity index (χ2n) is 5.51. The highest BCUT2D eigenvalue weighted by Crippen LogP contribution is 2.30. The van der Waals surface area contributed by atoms with Gasteiger partial charge in [-0.2, -0.15) is 0 Å². The fourth-order valence-corrected chi connectivity index (χ4v) is 3.50. The SMILES string of the molecule is CCNS(=O)(=O)c1cccc(C(=O)Nc2ccc(OCC)c(OCC)c2)c1. The van der Waals surface area contributed by atoms with Crippen molar-refractivity contribution in [3.05, 3.63) is 48.0 Å². The van der Waals surface area contributed by atoms with Crippen molar-refractivity contribution in [3.8, 4) is 11.5 Å². The zero-order valence-electron chi connectivity index (χ0n) is 15.6. The zero-order chi connectivity index (χ0) is 19.9. The first-order chi connectivity index (χ1) is 12.9. The molecule has 0 atom stereocenters. The van der Waals surface area contributed by atoms with E-state index in [1.807, 2.05) is 13.8 Å². The van der Waals surface area contributed by atoms with Gasteiger partial charge in [0.2, 0.25) is 10.0 Å². The van der Waals surface area contributed by atoms with Crippen LogP contribution < -0.4 is 19.5 Å². The molecule has 7 nitrogen and oxygen atoms in total. The van der Waals surface area contributed by atoms with Crippen molar-refractivity contribution >= 4 is 21.6 Å². The fourth-order valence-electron chi connectivity index (χ4n) is 2.41. The first kappa shape index (κ1) is 20.7. The van der Waals surface area contributed by atoms with Crippen molar-refractivity contribution in [1.29, 1.82) is 0 Å². The number of carbonyl (C=O) groups is 1. The van der Waals surface area contributed by atoms with Crippen molar-refractivity contribution in [2.45, 2.75) is 25.7 Å². The highest BCUT2D eigenvalue weighted by molar-refractivity contribution is 7.89. The number of anilines is 1. The lowest BCUT2D eigenvalue weighted by Gasteiger charge is -2.13. The third kappa shape index (κ3) is 5.45. The van der Waals surface area contributed by atoms with E-state index in [0.717, 1.165) is 0 Å². The van der Waals surface area contributed by atoms with Crippen LogP contribution in [0.5, 0.6) is 11.5 Å². The summed E-state index contributed by atoms with van der Waals surface area (Å²) in [6, 6.07) is 11.0. The average Bonchev–Trinajstić information content (AvgIpc) is 2.64. The van der Waals surface area contributed by atoms with Crippen LogP contribution in [-0.2, 0) is 10.0 Å². The summed E-state index contributed by atoms with van der Waals surface area (Å²) in [7, 11) is -3.63. The molecule has 0 fully saturated rings. The highest BCUT2D eigenvalue weighted by atomic mass is 32.2. The molecule has 0 heterocycles. The number of hydrogen-bond donors (Lipinski definition) is 2. The van der Waals surface area contributed by atoms with E-state index in [1.54, 1.807) is 31.2 Å². The first-order valence-electron chi connectivity index (χ1n) is 8.72. The van der Waals surface area contributed by atoms with Crippen LogP contribution in [-0.4, -0.2) is 34.1 Å². The van der Waals surface area contributed by atoms with Crippen LogP contribution in [0.3, 0.4) is 0 Å². The largest absolute Gasteiger partial charge is 0.490 e. The molecule has 0 aliphatic carbocycles. The molecule has 27 heavy (non-hydrogen) atoms. The summed E-state index contributed by atoms with van der Waals surface area (Å²) in [6.45, 7) is 6.65. The molecule has 2 aromatic carbocycles. The lowest BCUT2D eigenvalue weighted by atomic mass is 10.2. The molecular formula is C19H24N2O5S. The van der Waals surface area contributed by atoms with Crippen molar-refractivity contribution in [2.24, 2.45) is 0 Å². The lowest BCUT2D eigenvalue weighted by molar-refractivity contribution is 0.102. The summed E-state index contributed by atoms with van der Waals surface area (Å²) in [6.07, 6.45) is 0. The molecule has 2 N–H and O–H groups in total. The Morgan fingerprint density at radius 2 is 1.67 bits per heavy atom. The van der Waals surface area contributed by atoms with Crippen LogP contribution in [0.1, 0.15) is 31.1 Å². The van der Waals surface area contributed by atoms with Crippen molar-refractivity contribution in [2.75, 3.05) is 25.1 Å². The Morgan fingerprint density at radius 1 is 0.963 bits per heavy atom. The lowest BCUT2D eigenvalue weighted by Crippen LogP contribution is -2.23. The van der Waals surface area contributed by atoms with E-state index in [4.69, 9.17) is 9.47 Å². The molecule has 0 aliphatic rings. The number of hydrogen-bond acceptors (Lipinski definition) is 5. The topological polar surface area (TPSA) is 93.7 Å². The first-order valence-corrected chi connectivity index (χ1v) is 10.2. The Labute approximate surface area is 159 Å². The molecule has 0 radical (unpaired) electrons. The van der Waals surface area contributed by atoms with Crippen molar-refractivity contribution in [1.82, 2.24) is 4.72 Å². The Kier molecular flexibility index (Phi) is 7.20. The minimum absolute atomic E-state index is 0.0405. The number of nitrogens with one attached hydrogen (secondary N) is 2. The van der Waals surface area contributed by atoms with Gasteiger partial charge < -0.3 is 14.8 Å². The maximum Gasteiger partial charge on any atom is 0.255 e. The molecule has 2 aromatic rings. The Hall–Kier alpha value is -2.58. The monoisotopic (exact) mass is 392 g/mol. The molecule has 0 aliphatic heterocycles. The van der Waals surface area contributed by atoms with Gasteiger partial charge in [0.1, 0.15) is 0 Å². The number of benzene rings is 2. The van der Waals surface area contributed by atoms with Gasteiger partial charge in [0.15, 0.2) is 11.5 Å². The van der Waals surface area contributed by atoms with E-state index in [9.17, 15) is 13.2 Å². The molecule has 0 saturated heterocycles. The van der Waals surface area contributed by atoms with Gasteiger partial charge in [-0.05, 0) is 44.2 Å². The van der Waals surface area contributed by atoms with Crippen LogP contribution in [0, 0.1) is 0 Å². The second kappa shape index (κ2) is 9.38. The van der Waals surface area contributed by atoms with Gasteiger partial charge in [0.25, 0.3) is 5.91 Å². The summed E-state index contributed by atoms with van der Waals surface area (Å²) in [5, 5.41) is 2.75. The predicted octanol–water partition coefficient (Wildman–Crippen LogP) is 3.03. The van der Waals surface area contributed by atoms with Gasteiger partial charge in [-0.1, -0.05) is 13.0 Å². The van der Waals surface area contributed by atoms with E-state index in [2.05, 4.69) is 10.0 Å². The van der Waals surface area contributed by atoms with Crippen LogP contribution in [0.25, 0.3) is 0 Å². The van der Waals surface area contributed by atoms with E-state index in [1.165, 1.54) is 18.2 Å². The summed E-state index contributed by atoms with van der Waals surface area (Å²) in [5.74, 6) is 0.701. The molecule has 8 heteroatoms. The fraction of sp³-hybridized carbons (Fsp3) is 0.316. The minimum atomic E-state index is -3.63. The van der Waals surface area contributed by atoms with E-state index in [-0.39, 0.29) is 17.0 Å². The minimum Gasteiger partial charge on any atom is -0.490 e. The molecule has 1 amide bonds. The average molecular weight is 392 g/mol. The highest BCUT2D eigenvalue weighted by Gasteiger charge is 2.16. The molecule has 0 bridgehead atoms. The Bertz CT molecular complexity index is 897. The quantitative estimate of drug-likeness (QED) is 0.684.